The van der Waals surface area contributed by atoms with Gasteiger partial charge in [0.25, 0.3) is 5.89 Å². The molecule has 3 N–H and O–H groups in total. The van der Waals surface area contributed by atoms with E-state index in [4.69, 9.17) is 15.0 Å². The SMILES string of the molecule is CNc1cc(-c2nc(-c3cccc4c3CC[C@@H]4N)no2)ccc1OC(C)C. The zero-order valence-electron chi connectivity index (χ0n) is 15.8. The van der Waals surface area contributed by atoms with Crippen LogP contribution >= 0.6 is 0 Å². The lowest BCUT2D eigenvalue weighted by Crippen LogP contribution is -2.07. The van der Waals surface area contributed by atoms with Crippen LogP contribution in [0.5, 0.6) is 5.75 Å². The molecule has 0 radical (unpaired) electrons. The van der Waals surface area contributed by atoms with Gasteiger partial charge < -0.3 is 20.3 Å². The van der Waals surface area contributed by atoms with E-state index in [2.05, 4.69) is 21.5 Å². The molecule has 27 heavy (non-hydrogen) atoms. The minimum atomic E-state index is 0.0954. The maximum Gasteiger partial charge on any atom is 0.258 e. The molecule has 1 aliphatic carbocycles. The van der Waals surface area contributed by atoms with Crippen LogP contribution in [0.1, 0.15) is 37.4 Å². The third kappa shape index (κ3) is 3.28. The van der Waals surface area contributed by atoms with Crippen molar-refractivity contribution in [2.45, 2.75) is 38.8 Å². The first-order chi connectivity index (χ1) is 13.1. The van der Waals surface area contributed by atoms with Gasteiger partial charge in [-0.2, -0.15) is 4.98 Å². The third-order valence-corrected chi connectivity index (χ3v) is 4.84. The van der Waals surface area contributed by atoms with Crippen molar-refractivity contribution in [2.75, 3.05) is 12.4 Å². The van der Waals surface area contributed by atoms with E-state index in [0.29, 0.717) is 11.7 Å². The number of fused-ring (bicyclic) bond motifs is 1. The fourth-order valence-corrected chi connectivity index (χ4v) is 3.56. The normalized spacial score (nSPS) is 15.8. The summed E-state index contributed by atoms with van der Waals surface area (Å²) in [6, 6.07) is 12.0. The molecule has 0 saturated heterocycles. The zero-order valence-corrected chi connectivity index (χ0v) is 15.8. The Balaban J connectivity index is 1.68. The summed E-state index contributed by atoms with van der Waals surface area (Å²) in [6.45, 7) is 4.00. The maximum atomic E-state index is 6.19. The summed E-state index contributed by atoms with van der Waals surface area (Å²) in [5.41, 5.74) is 11.3. The van der Waals surface area contributed by atoms with Crippen LogP contribution in [-0.4, -0.2) is 23.3 Å². The fraction of sp³-hybridized carbons (Fsp3) is 0.333. The van der Waals surface area contributed by atoms with E-state index in [9.17, 15) is 0 Å². The zero-order chi connectivity index (χ0) is 19.0. The minimum Gasteiger partial charge on any atom is -0.489 e. The number of ether oxygens (including phenoxy) is 1. The molecule has 1 heterocycles. The molecule has 0 spiro atoms. The highest BCUT2D eigenvalue weighted by Crippen LogP contribution is 2.36. The standard InChI is InChI=1S/C21H24N4O2/c1-12(2)26-19-10-7-13(11-18(19)23-3)21-24-20(25-27-21)16-6-4-5-15-14(16)8-9-17(15)22/h4-7,10-12,17,23H,8-9,22H2,1-3H3/t17-/m0/s1. The van der Waals surface area contributed by atoms with Crippen LogP contribution in [0.15, 0.2) is 40.9 Å². The Morgan fingerprint density at radius 1 is 1.26 bits per heavy atom. The first-order valence-corrected chi connectivity index (χ1v) is 9.27. The van der Waals surface area contributed by atoms with Crippen molar-refractivity contribution in [3.05, 3.63) is 47.5 Å². The lowest BCUT2D eigenvalue weighted by atomic mass is 10.0. The molecular formula is C21H24N4O2. The van der Waals surface area contributed by atoms with Gasteiger partial charge in [-0.05, 0) is 56.0 Å². The number of nitrogens with zero attached hydrogens (tertiary/aromatic N) is 2. The van der Waals surface area contributed by atoms with E-state index in [1.54, 1.807) is 0 Å². The highest BCUT2D eigenvalue weighted by Gasteiger charge is 2.24. The van der Waals surface area contributed by atoms with Crippen LogP contribution in [0.4, 0.5) is 5.69 Å². The van der Waals surface area contributed by atoms with Gasteiger partial charge in [0, 0.05) is 24.2 Å². The number of rotatable bonds is 5. The Labute approximate surface area is 158 Å². The van der Waals surface area contributed by atoms with Crippen molar-refractivity contribution in [3.8, 4) is 28.6 Å². The summed E-state index contributed by atoms with van der Waals surface area (Å²) in [5.74, 6) is 1.88. The monoisotopic (exact) mass is 364 g/mol. The highest BCUT2D eigenvalue weighted by atomic mass is 16.5. The summed E-state index contributed by atoms with van der Waals surface area (Å²) in [7, 11) is 1.86. The molecule has 3 aromatic rings. The molecule has 0 aliphatic heterocycles. The van der Waals surface area contributed by atoms with Crippen molar-refractivity contribution in [3.63, 3.8) is 0 Å². The Bertz CT molecular complexity index is 965. The topological polar surface area (TPSA) is 86.2 Å². The largest absolute Gasteiger partial charge is 0.489 e. The van der Waals surface area contributed by atoms with E-state index in [1.807, 2.05) is 51.2 Å². The Hall–Kier alpha value is -2.86. The number of nitrogens with two attached hydrogens (primary N) is 1. The molecule has 0 unspecified atom stereocenters. The van der Waals surface area contributed by atoms with Crippen molar-refractivity contribution in [1.82, 2.24) is 10.1 Å². The molecule has 1 aliphatic rings. The number of hydrogen-bond donors (Lipinski definition) is 2. The second-order valence-electron chi connectivity index (χ2n) is 7.07. The van der Waals surface area contributed by atoms with Gasteiger partial charge in [0.05, 0.1) is 11.8 Å². The average molecular weight is 364 g/mol. The molecule has 6 nitrogen and oxygen atoms in total. The van der Waals surface area contributed by atoms with Gasteiger partial charge in [0.15, 0.2) is 0 Å². The fourth-order valence-electron chi connectivity index (χ4n) is 3.56. The predicted octanol–water partition coefficient (Wildman–Crippen LogP) is 4.18. The average Bonchev–Trinajstić information content (AvgIpc) is 3.29. The second-order valence-corrected chi connectivity index (χ2v) is 7.07. The van der Waals surface area contributed by atoms with Crippen molar-refractivity contribution < 1.29 is 9.26 Å². The number of nitrogens with one attached hydrogen (secondary N) is 1. The highest BCUT2D eigenvalue weighted by molar-refractivity contribution is 5.70. The molecule has 140 valence electrons. The van der Waals surface area contributed by atoms with Gasteiger partial charge in [-0.3, -0.25) is 0 Å². The van der Waals surface area contributed by atoms with Gasteiger partial charge in [-0.1, -0.05) is 23.4 Å². The molecule has 0 saturated carbocycles. The maximum absolute atomic E-state index is 6.19. The summed E-state index contributed by atoms with van der Waals surface area (Å²) in [5, 5.41) is 7.37. The van der Waals surface area contributed by atoms with Crippen LogP contribution in [0.2, 0.25) is 0 Å². The summed E-state index contributed by atoms with van der Waals surface area (Å²) in [4.78, 5) is 4.63. The first-order valence-electron chi connectivity index (χ1n) is 9.27. The lowest BCUT2D eigenvalue weighted by Gasteiger charge is -2.14. The molecular weight excluding hydrogens is 340 g/mol. The summed E-state index contributed by atoms with van der Waals surface area (Å²) >= 11 is 0. The molecule has 6 heteroatoms. The van der Waals surface area contributed by atoms with Crippen molar-refractivity contribution in [2.24, 2.45) is 5.73 Å². The van der Waals surface area contributed by atoms with Crippen molar-refractivity contribution >= 4 is 5.69 Å². The smallest absolute Gasteiger partial charge is 0.258 e. The Morgan fingerprint density at radius 3 is 2.89 bits per heavy atom. The van der Waals surface area contributed by atoms with Crippen LogP contribution in [0, 0.1) is 0 Å². The van der Waals surface area contributed by atoms with Crippen LogP contribution in [0.3, 0.4) is 0 Å². The van der Waals surface area contributed by atoms with Crippen LogP contribution in [-0.2, 0) is 6.42 Å². The Kier molecular flexibility index (Phi) is 4.58. The molecule has 4 rings (SSSR count). The predicted molar refractivity (Wildman–Crippen MR) is 106 cm³/mol. The number of benzene rings is 2. The van der Waals surface area contributed by atoms with E-state index in [1.165, 1.54) is 11.1 Å². The van der Waals surface area contributed by atoms with Crippen LogP contribution < -0.4 is 15.8 Å². The number of hydrogen-bond acceptors (Lipinski definition) is 6. The molecule has 2 aromatic carbocycles. The van der Waals surface area contributed by atoms with E-state index in [-0.39, 0.29) is 12.1 Å². The van der Waals surface area contributed by atoms with Crippen molar-refractivity contribution in [1.29, 1.82) is 0 Å². The Morgan fingerprint density at radius 2 is 2.11 bits per heavy atom. The lowest BCUT2D eigenvalue weighted by molar-refractivity contribution is 0.243. The van der Waals surface area contributed by atoms with E-state index >= 15 is 0 Å². The second kappa shape index (κ2) is 7.04. The number of anilines is 1. The van der Waals surface area contributed by atoms with E-state index < -0.39 is 0 Å². The minimum absolute atomic E-state index is 0.0954. The molecule has 1 atom stereocenters. The first kappa shape index (κ1) is 17.5. The van der Waals surface area contributed by atoms with Gasteiger partial charge in [0.1, 0.15) is 5.75 Å². The van der Waals surface area contributed by atoms with Gasteiger partial charge in [-0.15, -0.1) is 0 Å². The molecule has 0 fully saturated rings. The van der Waals surface area contributed by atoms with Crippen LogP contribution in [0.25, 0.3) is 22.8 Å². The number of aromatic nitrogens is 2. The molecule has 1 aromatic heterocycles. The van der Waals surface area contributed by atoms with Gasteiger partial charge in [0.2, 0.25) is 5.82 Å². The molecule has 0 amide bonds. The third-order valence-electron chi connectivity index (χ3n) is 4.84. The summed E-state index contributed by atoms with van der Waals surface area (Å²) in [6.07, 6.45) is 2.01. The molecule has 0 bridgehead atoms. The quantitative estimate of drug-likeness (QED) is 0.706. The van der Waals surface area contributed by atoms with Gasteiger partial charge >= 0.3 is 0 Å². The van der Waals surface area contributed by atoms with E-state index in [0.717, 1.165) is 35.4 Å². The summed E-state index contributed by atoms with van der Waals surface area (Å²) < 4.78 is 11.4. The van der Waals surface area contributed by atoms with Gasteiger partial charge in [-0.25, -0.2) is 0 Å².